The fraction of sp³-hybridized carbons (Fsp3) is 0.300. The van der Waals surface area contributed by atoms with Gasteiger partial charge in [-0.3, -0.25) is 9.59 Å². The third-order valence-corrected chi connectivity index (χ3v) is 5.35. The average molecular weight is 552 g/mol. The molecule has 0 aliphatic rings. The number of halogens is 4. The minimum atomic E-state index is -0.880. The Morgan fingerprint density at radius 2 is 1.83 bits per heavy atom. The first-order chi connectivity index (χ1) is 13.6. The number of benzene rings is 2. The molecule has 0 aliphatic heterocycles. The molecular weight excluding hydrogens is 532 g/mol. The van der Waals surface area contributed by atoms with Crippen molar-refractivity contribution in [1.29, 1.82) is 0 Å². The topological polar surface area (TPSA) is 75.6 Å². The highest BCUT2D eigenvalue weighted by Crippen LogP contribution is 2.36. The van der Waals surface area contributed by atoms with Gasteiger partial charge in [0.2, 0.25) is 5.91 Å². The SMILES string of the molecule is CC(C)C(=O)Nc1cc(Cl)cc(COc2c(Br)cc(CCC(=O)O)cc2Br)c1F. The number of carboxylic acid groups (broad SMARTS) is 1. The van der Waals surface area contributed by atoms with E-state index in [2.05, 4.69) is 37.2 Å². The normalized spacial score (nSPS) is 10.9. The number of nitrogens with one attached hydrogen (secondary N) is 1. The van der Waals surface area contributed by atoms with Gasteiger partial charge in [-0.1, -0.05) is 25.4 Å². The first-order valence-electron chi connectivity index (χ1n) is 8.69. The van der Waals surface area contributed by atoms with E-state index in [4.69, 9.17) is 21.4 Å². The maximum atomic E-state index is 14.8. The molecule has 0 bridgehead atoms. The third-order valence-electron chi connectivity index (χ3n) is 3.95. The highest BCUT2D eigenvalue weighted by molar-refractivity contribution is 9.11. The molecule has 0 unspecified atom stereocenters. The van der Waals surface area contributed by atoms with E-state index in [0.717, 1.165) is 5.56 Å². The Balaban J connectivity index is 2.20. The molecule has 0 aliphatic carbocycles. The van der Waals surface area contributed by atoms with Gasteiger partial charge in [-0.15, -0.1) is 0 Å². The third kappa shape index (κ3) is 6.69. The predicted octanol–water partition coefficient (Wildman–Crippen LogP) is 6.19. The van der Waals surface area contributed by atoms with Crippen molar-refractivity contribution in [3.63, 3.8) is 0 Å². The predicted molar refractivity (Wildman–Crippen MR) is 117 cm³/mol. The van der Waals surface area contributed by atoms with Crippen molar-refractivity contribution in [2.75, 3.05) is 5.32 Å². The second-order valence-corrected chi connectivity index (χ2v) is 8.79. The maximum Gasteiger partial charge on any atom is 0.303 e. The Labute approximate surface area is 189 Å². The second-order valence-electron chi connectivity index (χ2n) is 6.64. The quantitative estimate of drug-likeness (QED) is 0.410. The zero-order valence-electron chi connectivity index (χ0n) is 15.7. The van der Waals surface area contributed by atoms with E-state index in [1.165, 1.54) is 12.1 Å². The molecule has 0 saturated carbocycles. The summed E-state index contributed by atoms with van der Waals surface area (Å²) in [5.41, 5.74) is 0.994. The zero-order valence-corrected chi connectivity index (χ0v) is 19.6. The van der Waals surface area contributed by atoms with Crippen LogP contribution in [0.15, 0.2) is 33.2 Å². The lowest BCUT2D eigenvalue weighted by molar-refractivity contribution is -0.137. The van der Waals surface area contributed by atoms with Gasteiger partial charge in [0.15, 0.2) is 5.82 Å². The number of aryl methyl sites for hydroxylation is 1. The van der Waals surface area contributed by atoms with Crippen LogP contribution in [0, 0.1) is 11.7 Å². The molecule has 2 N–H and O–H groups in total. The van der Waals surface area contributed by atoms with E-state index in [0.29, 0.717) is 21.1 Å². The average Bonchev–Trinajstić information content (AvgIpc) is 2.62. The van der Waals surface area contributed by atoms with Crippen LogP contribution in [0.25, 0.3) is 0 Å². The molecular formula is C20H19Br2ClFNO4. The summed E-state index contributed by atoms with van der Waals surface area (Å²) in [6, 6.07) is 6.30. The molecule has 2 aromatic rings. The number of carbonyl (C=O) groups is 2. The Hall–Kier alpha value is -1.64. The van der Waals surface area contributed by atoms with Crippen LogP contribution in [0.1, 0.15) is 31.4 Å². The molecule has 29 heavy (non-hydrogen) atoms. The number of hydrogen-bond acceptors (Lipinski definition) is 3. The number of hydrogen-bond donors (Lipinski definition) is 2. The summed E-state index contributed by atoms with van der Waals surface area (Å²) in [5, 5.41) is 11.6. The molecule has 0 spiro atoms. The van der Waals surface area contributed by atoms with Crippen LogP contribution < -0.4 is 10.1 Å². The van der Waals surface area contributed by atoms with Gasteiger partial charge in [0.25, 0.3) is 0 Å². The summed E-state index contributed by atoms with van der Waals surface area (Å²) >= 11 is 12.9. The lowest BCUT2D eigenvalue weighted by Crippen LogP contribution is -2.19. The van der Waals surface area contributed by atoms with Crippen LogP contribution >= 0.6 is 43.5 Å². The van der Waals surface area contributed by atoms with Crippen molar-refractivity contribution in [3.05, 3.63) is 55.2 Å². The second kappa shape index (κ2) is 10.4. The van der Waals surface area contributed by atoms with Crippen LogP contribution in [0.5, 0.6) is 5.75 Å². The zero-order chi connectivity index (χ0) is 21.7. The van der Waals surface area contributed by atoms with E-state index in [1.807, 2.05) is 0 Å². The Kier molecular flexibility index (Phi) is 8.48. The number of rotatable bonds is 8. The fourth-order valence-electron chi connectivity index (χ4n) is 2.41. The Bertz CT molecular complexity index is 914. The molecule has 9 heteroatoms. The van der Waals surface area contributed by atoms with Crippen LogP contribution in [0.3, 0.4) is 0 Å². The van der Waals surface area contributed by atoms with Crippen LogP contribution in [0.2, 0.25) is 5.02 Å². The van der Waals surface area contributed by atoms with Gasteiger partial charge >= 0.3 is 5.97 Å². The molecule has 0 saturated heterocycles. The van der Waals surface area contributed by atoms with Crippen LogP contribution in [0.4, 0.5) is 10.1 Å². The van der Waals surface area contributed by atoms with Crippen molar-refractivity contribution < 1.29 is 23.8 Å². The highest BCUT2D eigenvalue weighted by Gasteiger charge is 2.17. The minimum absolute atomic E-state index is 0.00282. The van der Waals surface area contributed by atoms with Gasteiger partial charge in [0, 0.05) is 22.9 Å². The number of aliphatic carboxylic acids is 1. The van der Waals surface area contributed by atoms with Crippen molar-refractivity contribution in [3.8, 4) is 5.75 Å². The molecule has 156 valence electrons. The van der Waals surface area contributed by atoms with Gasteiger partial charge in [-0.25, -0.2) is 4.39 Å². The van der Waals surface area contributed by atoms with Gasteiger partial charge in [-0.05, 0) is 68.1 Å². The fourth-order valence-corrected chi connectivity index (χ4v) is 4.17. The summed E-state index contributed by atoms with van der Waals surface area (Å²) in [4.78, 5) is 22.6. The molecule has 1 amide bonds. The minimum Gasteiger partial charge on any atom is -0.486 e. The highest BCUT2D eigenvalue weighted by atomic mass is 79.9. The summed E-state index contributed by atoms with van der Waals surface area (Å²) < 4.78 is 21.7. The monoisotopic (exact) mass is 549 g/mol. The summed E-state index contributed by atoms with van der Waals surface area (Å²) in [6.07, 6.45) is 0.381. The van der Waals surface area contributed by atoms with Crippen LogP contribution in [-0.4, -0.2) is 17.0 Å². The Morgan fingerprint density at radius 3 is 2.38 bits per heavy atom. The smallest absolute Gasteiger partial charge is 0.303 e. The van der Waals surface area contributed by atoms with Gasteiger partial charge < -0.3 is 15.2 Å². The lowest BCUT2D eigenvalue weighted by Gasteiger charge is -2.15. The van der Waals surface area contributed by atoms with E-state index in [-0.39, 0.29) is 41.1 Å². The largest absolute Gasteiger partial charge is 0.486 e. The number of anilines is 1. The summed E-state index contributed by atoms with van der Waals surface area (Å²) in [6.45, 7) is 3.29. The van der Waals surface area contributed by atoms with Crippen molar-refractivity contribution >= 4 is 61.0 Å². The summed E-state index contributed by atoms with van der Waals surface area (Å²) in [7, 11) is 0. The lowest BCUT2D eigenvalue weighted by atomic mass is 10.1. The molecule has 5 nitrogen and oxygen atoms in total. The van der Waals surface area contributed by atoms with E-state index in [9.17, 15) is 14.0 Å². The number of amides is 1. The first kappa shape index (κ1) is 23.6. The van der Waals surface area contributed by atoms with E-state index >= 15 is 0 Å². The van der Waals surface area contributed by atoms with Gasteiger partial charge in [-0.2, -0.15) is 0 Å². The number of carbonyl (C=O) groups excluding carboxylic acids is 1. The molecule has 0 aromatic heterocycles. The standard InChI is InChI=1S/C20H19Br2ClFNO4/c1-10(2)20(28)25-16-8-13(23)7-12(18(16)24)9-29-19-14(21)5-11(6-15(19)22)3-4-17(26)27/h5-8,10H,3-4,9H2,1-2H3,(H,25,28)(H,26,27). The molecule has 0 heterocycles. The van der Waals surface area contributed by atoms with Crippen molar-refractivity contribution in [2.24, 2.45) is 5.92 Å². The molecule has 0 radical (unpaired) electrons. The van der Waals surface area contributed by atoms with Crippen molar-refractivity contribution in [2.45, 2.75) is 33.3 Å². The molecule has 0 fully saturated rings. The van der Waals surface area contributed by atoms with E-state index < -0.39 is 11.8 Å². The molecule has 0 atom stereocenters. The number of carboxylic acids is 1. The number of ether oxygens (including phenoxy) is 1. The Morgan fingerprint density at radius 1 is 1.21 bits per heavy atom. The van der Waals surface area contributed by atoms with Gasteiger partial charge in [0.1, 0.15) is 12.4 Å². The van der Waals surface area contributed by atoms with Gasteiger partial charge in [0.05, 0.1) is 14.6 Å². The first-order valence-corrected chi connectivity index (χ1v) is 10.7. The maximum absolute atomic E-state index is 14.8. The van der Waals surface area contributed by atoms with Crippen LogP contribution in [-0.2, 0) is 22.6 Å². The summed E-state index contributed by atoms with van der Waals surface area (Å²) in [5.74, 6) is -1.68. The van der Waals surface area contributed by atoms with E-state index in [1.54, 1.807) is 26.0 Å². The molecule has 2 aromatic carbocycles. The van der Waals surface area contributed by atoms with Crippen molar-refractivity contribution in [1.82, 2.24) is 0 Å². The molecule has 2 rings (SSSR count).